The second-order valence-corrected chi connectivity index (χ2v) is 4.17. The van der Waals surface area contributed by atoms with Crippen molar-refractivity contribution in [3.05, 3.63) is 0 Å². The minimum atomic E-state index is -0.255. The zero-order valence-corrected chi connectivity index (χ0v) is 8.73. The number of ether oxygens (including phenoxy) is 1. The molecule has 0 aromatic heterocycles. The second-order valence-electron chi connectivity index (χ2n) is 4.17. The summed E-state index contributed by atoms with van der Waals surface area (Å²) < 4.78 is 4.92. The molecule has 1 aliphatic heterocycles. The van der Waals surface area contributed by atoms with Gasteiger partial charge in [0.05, 0.1) is 12.6 Å². The summed E-state index contributed by atoms with van der Waals surface area (Å²) >= 11 is 0. The highest BCUT2D eigenvalue weighted by Gasteiger charge is 2.59. The minimum absolute atomic E-state index is 0.0597. The van der Waals surface area contributed by atoms with Gasteiger partial charge in [0, 0.05) is 18.5 Å². The fourth-order valence-electron chi connectivity index (χ4n) is 2.28. The molecule has 2 fully saturated rings. The molecule has 5 heteroatoms. The molecule has 1 saturated carbocycles. The number of isocyanates is 1. The Labute approximate surface area is 88.1 Å². The highest BCUT2D eigenvalue weighted by atomic mass is 16.6. The van der Waals surface area contributed by atoms with Gasteiger partial charge in [0.1, 0.15) is 0 Å². The lowest BCUT2D eigenvalue weighted by molar-refractivity contribution is 0.114. The number of nitrogens with zero attached hydrogens (tertiary/aromatic N) is 2. The third-order valence-corrected chi connectivity index (χ3v) is 3.27. The molecule has 1 saturated heterocycles. The van der Waals surface area contributed by atoms with Gasteiger partial charge in [-0.15, -0.1) is 0 Å². The van der Waals surface area contributed by atoms with Crippen LogP contribution in [0, 0.1) is 5.41 Å². The van der Waals surface area contributed by atoms with E-state index in [0.29, 0.717) is 19.7 Å². The number of aliphatic imine (C=N–C) groups is 1. The summed E-state index contributed by atoms with van der Waals surface area (Å²) in [5.74, 6) is 0. The van der Waals surface area contributed by atoms with Gasteiger partial charge in [-0.3, -0.25) is 0 Å². The third-order valence-electron chi connectivity index (χ3n) is 3.27. The molecular formula is C10H14N2O3. The summed E-state index contributed by atoms with van der Waals surface area (Å²) in [6.45, 7) is 3.57. The van der Waals surface area contributed by atoms with E-state index in [1.807, 2.05) is 0 Å². The molecule has 82 valence electrons. The van der Waals surface area contributed by atoms with Gasteiger partial charge in [-0.05, 0) is 19.8 Å². The average Bonchev–Trinajstić information content (AvgIpc) is 2.70. The van der Waals surface area contributed by atoms with Crippen molar-refractivity contribution in [2.24, 2.45) is 10.4 Å². The maximum absolute atomic E-state index is 11.4. The normalized spacial score (nSPS) is 32.6. The van der Waals surface area contributed by atoms with E-state index in [1.54, 1.807) is 17.9 Å². The maximum Gasteiger partial charge on any atom is 0.409 e. The quantitative estimate of drug-likeness (QED) is 0.503. The molecule has 1 amide bonds. The lowest BCUT2D eigenvalue weighted by atomic mass is 10.1. The molecule has 2 rings (SSSR count). The molecule has 2 atom stereocenters. The van der Waals surface area contributed by atoms with Gasteiger partial charge < -0.3 is 9.64 Å². The second kappa shape index (κ2) is 3.66. The van der Waals surface area contributed by atoms with Gasteiger partial charge in [-0.25, -0.2) is 14.6 Å². The zero-order chi connectivity index (χ0) is 10.9. The summed E-state index contributed by atoms with van der Waals surface area (Å²) in [7, 11) is 0. The molecule has 1 spiro atoms. The summed E-state index contributed by atoms with van der Waals surface area (Å²) in [4.78, 5) is 27.0. The maximum atomic E-state index is 11.4. The number of rotatable bonds is 2. The first kappa shape index (κ1) is 10.2. The lowest BCUT2D eigenvalue weighted by Gasteiger charge is -2.15. The molecule has 0 aromatic carbocycles. The van der Waals surface area contributed by atoms with Crippen LogP contribution < -0.4 is 0 Å². The lowest BCUT2D eigenvalue weighted by Crippen LogP contribution is -2.29. The van der Waals surface area contributed by atoms with Crippen LogP contribution in [0.1, 0.15) is 19.8 Å². The van der Waals surface area contributed by atoms with Crippen molar-refractivity contribution >= 4 is 12.2 Å². The predicted octanol–water partition coefficient (Wildman–Crippen LogP) is 0.943. The van der Waals surface area contributed by atoms with Crippen LogP contribution in [0.5, 0.6) is 0 Å². The number of carbonyl (C=O) groups excluding carboxylic acids is 2. The van der Waals surface area contributed by atoms with Crippen molar-refractivity contribution in [1.82, 2.24) is 4.90 Å². The summed E-state index contributed by atoms with van der Waals surface area (Å²) in [6.07, 6.45) is 3.16. The van der Waals surface area contributed by atoms with Crippen LogP contribution in [0.25, 0.3) is 0 Å². The largest absolute Gasteiger partial charge is 0.450 e. The van der Waals surface area contributed by atoms with Gasteiger partial charge >= 0.3 is 6.09 Å². The van der Waals surface area contributed by atoms with Crippen LogP contribution in [0.15, 0.2) is 4.99 Å². The first-order valence-electron chi connectivity index (χ1n) is 5.20. The van der Waals surface area contributed by atoms with Crippen molar-refractivity contribution in [2.75, 3.05) is 19.7 Å². The van der Waals surface area contributed by atoms with Crippen molar-refractivity contribution in [2.45, 2.75) is 25.8 Å². The Morgan fingerprint density at radius 2 is 2.53 bits per heavy atom. The number of likely N-dealkylation sites (tertiary alicyclic amines) is 1. The molecule has 0 aromatic rings. The van der Waals surface area contributed by atoms with E-state index in [0.717, 1.165) is 12.8 Å². The van der Waals surface area contributed by atoms with Crippen LogP contribution in [0.4, 0.5) is 4.79 Å². The molecule has 2 unspecified atom stereocenters. The number of hydrogen-bond donors (Lipinski definition) is 0. The van der Waals surface area contributed by atoms with Gasteiger partial charge in [-0.1, -0.05) is 0 Å². The SMILES string of the molecule is CCOC(=O)N1CCC2(CC2N=C=O)C1. The Morgan fingerprint density at radius 3 is 3.20 bits per heavy atom. The Morgan fingerprint density at radius 1 is 1.73 bits per heavy atom. The standard InChI is InChI=1S/C10H14N2O3/c1-2-15-9(14)12-4-3-10(6-12)5-8(10)11-7-13/h8H,2-6H2,1H3. The first-order valence-corrected chi connectivity index (χ1v) is 5.20. The monoisotopic (exact) mass is 210 g/mol. The van der Waals surface area contributed by atoms with E-state index in [9.17, 15) is 9.59 Å². The molecule has 1 aliphatic carbocycles. The average molecular weight is 210 g/mol. The fraction of sp³-hybridized carbons (Fsp3) is 0.800. The van der Waals surface area contributed by atoms with Gasteiger partial charge in [0.2, 0.25) is 6.08 Å². The van der Waals surface area contributed by atoms with Gasteiger partial charge in [0.15, 0.2) is 0 Å². The van der Waals surface area contributed by atoms with Crippen LogP contribution in [-0.2, 0) is 9.53 Å². The predicted molar refractivity (Wildman–Crippen MR) is 52.2 cm³/mol. The van der Waals surface area contributed by atoms with Crippen LogP contribution >= 0.6 is 0 Å². The Balaban J connectivity index is 1.91. The molecular weight excluding hydrogens is 196 g/mol. The molecule has 0 bridgehead atoms. The van der Waals surface area contributed by atoms with E-state index in [-0.39, 0.29) is 17.6 Å². The molecule has 0 radical (unpaired) electrons. The van der Waals surface area contributed by atoms with Crippen LogP contribution in [0.3, 0.4) is 0 Å². The molecule has 0 N–H and O–H groups in total. The summed E-state index contributed by atoms with van der Waals surface area (Å²) in [5, 5.41) is 0. The zero-order valence-electron chi connectivity index (χ0n) is 8.73. The Kier molecular flexibility index (Phi) is 2.49. The Bertz CT molecular complexity index is 325. The van der Waals surface area contributed by atoms with E-state index >= 15 is 0 Å². The highest BCUT2D eigenvalue weighted by Crippen LogP contribution is 2.54. The van der Waals surface area contributed by atoms with Crippen molar-refractivity contribution < 1.29 is 14.3 Å². The Hall–Kier alpha value is -1.35. The van der Waals surface area contributed by atoms with E-state index in [4.69, 9.17) is 4.74 Å². The number of amides is 1. The summed E-state index contributed by atoms with van der Waals surface area (Å²) in [6, 6.07) is 0.0782. The number of carbonyl (C=O) groups is 1. The highest BCUT2D eigenvalue weighted by molar-refractivity contribution is 5.68. The number of hydrogen-bond acceptors (Lipinski definition) is 4. The smallest absolute Gasteiger partial charge is 0.409 e. The van der Waals surface area contributed by atoms with E-state index < -0.39 is 0 Å². The molecule has 1 heterocycles. The first-order chi connectivity index (χ1) is 7.22. The third kappa shape index (κ3) is 1.75. The molecule has 15 heavy (non-hydrogen) atoms. The van der Waals surface area contributed by atoms with E-state index in [2.05, 4.69) is 4.99 Å². The van der Waals surface area contributed by atoms with Crippen LogP contribution in [0.2, 0.25) is 0 Å². The molecule has 2 aliphatic rings. The van der Waals surface area contributed by atoms with Crippen LogP contribution in [-0.4, -0.2) is 42.8 Å². The van der Waals surface area contributed by atoms with E-state index in [1.165, 1.54) is 0 Å². The summed E-state index contributed by atoms with van der Waals surface area (Å²) in [5.41, 5.74) is 0.0597. The topological polar surface area (TPSA) is 59.0 Å². The van der Waals surface area contributed by atoms with Gasteiger partial charge in [0.25, 0.3) is 0 Å². The van der Waals surface area contributed by atoms with Crippen molar-refractivity contribution in [1.29, 1.82) is 0 Å². The van der Waals surface area contributed by atoms with Crippen molar-refractivity contribution in [3.63, 3.8) is 0 Å². The molecule has 5 nitrogen and oxygen atoms in total. The fourth-order valence-corrected chi connectivity index (χ4v) is 2.28. The van der Waals surface area contributed by atoms with Crippen molar-refractivity contribution in [3.8, 4) is 0 Å². The van der Waals surface area contributed by atoms with Gasteiger partial charge in [-0.2, -0.15) is 0 Å². The minimum Gasteiger partial charge on any atom is -0.450 e.